The summed E-state index contributed by atoms with van der Waals surface area (Å²) >= 11 is 7.72. The maximum absolute atomic E-state index is 6.14. The van der Waals surface area contributed by atoms with E-state index in [9.17, 15) is 0 Å². The predicted octanol–water partition coefficient (Wildman–Crippen LogP) is 3.01. The lowest BCUT2D eigenvalue weighted by Crippen LogP contribution is -2.37. The Morgan fingerprint density at radius 1 is 1.48 bits per heavy atom. The van der Waals surface area contributed by atoms with Gasteiger partial charge in [-0.15, -0.1) is 16.4 Å². The van der Waals surface area contributed by atoms with E-state index in [-0.39, 0.29) is 0 Å². The van der Waals surface area contributed by atoms with Gasteiger partial charge in [-0.05, 0) is 43.3 Å². The van der Waals surface area contributed by atoms with E-state index in [4.69, 9.17) is 11.6 Å². The Bertz CT molecular complexity index is 573. The molecular formula is C14H20ClN5S. The molecule has 3 rings (SSSR count). The van der Waals surface area contributed by atoms with E-state index in [1.807, 2.05) is 11.4 Å². The molecule has 1 aliphatic rings. The zero-order chi connectivity index (χ0) is 14.7. The Morgan fingerprint density at radius 2 is 2.29 bits per heavy atom. The minimum atomic E-state index is 0.729. The van der Waals surface area contributed by atoms with Crippen molar-refractivity contribution in [1.82, 2.24) is 20.5 Å². The zero-order valence-electron chi connectivity index (χ0n) is 12.1. The second-order valence-corrected chi connectivity index (χ2v) is 6.64. The molecule has 1 fully saturated rings. The highest BCUT2D eigenvalue weighted by atomic mass is 35.5. The van der Waals surface area contributed by atoms with Crippen LogP contribution in [0.4, 0.5) is 5.95 Å². The largest absolute Gasteiger partial charge is 0.340 e. The Morgan fingerprint density at radius 3 is 2.95 bits per heavy atom. The number of nitrogens with one attached hydrogen (secondary N) is 2. The molecule has 0 aromatic carbocycles. The number of thiophene rings is 1. The molecular weight excluding hydrogens is 306 g/mol. The lowest BCUT2D eigenvalue weighted by molar-refractivity contribution is 0.384. The van der Waals surface area contributed by atoms with Crippen molar-refractivity contribution >= 4 is 28.9 Å². The van der Waals surface area contributed by atoms with Gasteiger partial charge in [-0.25, -0.2) is 0 Å². The SMILES string of the molecule is CCNCC1CCN(c2n[nH]c(-c3sccc3Cl)n2)CC1. The first kappa shape index (κ1) is 14.8. The lowest BCUT2D eigenvalue weighted by atomic mass is 9.97. The van der Waals surface area contributed by atoms with E-state index in [1.165, 1.54) is 12.8 Å². The van der Waals surface area contributed by atoms with Crippen molar-refractivity contribution in [2.45, 2.75) is 19.8 Å². The number of hydrogen-bond acceptors (Lipinski definition) is 5. The summed E-state index contributed by atoms with van der Waals surface area (Å²) in [6.07, 6.45) is 2.38. The zero-order valence-corrected chi connectivity index (χ0v) is 13.7. The number of H-pyrrole nitrogens is 1. The minimum Gasteiger partial charge on any atom is -0.340 e. The van der Waals surface area contributed by atoms with Gasteiger partial charge in [0.1, 0.15) is 0 Å². The third-order valence-corrected chi connectivity index (χ3v) is 5.23. The van der Waals surface area contributed by atoms with Gasteiger partial charge < -0.3 is 10.2 Å². The average molecular weight is 326 g/mol. The molecule has 1 aliphatic heterocycles. The number of rotatable bonds is 5. The number of aromatic nitrogens is 3. The van der Waals surface area contributed by atoms with Gasteiger partial charge in [-0.1, -0.05) is 18.5 Å². The van der Waals surface area contributed by atoms with Crippen molar-refractivity contribution in [3.8, 4) is 10.7 Å². The Balaban J connectivity index is 1.62. The molecule has 1 saturated heterocycles. The maximum atomic E-state index is 6.14. The van der Waals surface area contributed by atoms with Crippen molar-refractivity contribution < 1.29 is 0 Å². The molecule has 5 nitrogen and oxygen atoms in total. The fourth-order valence-electron chi connectivity index (χ4n) is 2.64. The number of halogens is 1. The Kier molecular flexibility index (Phi) is 4.77. The molecule has 0 unspecified atom stereocenters. The molecule has 2 aromatic heterocycles. The predicted molar refractivity (Wildman–Crippen MR) is 88.2 cm³/mol. The van der Waals surface area contributed by atoms with Crippen LogP contribution >= 0.6 is 22.9 Å². The summed E-state index contributed by atoms with van der Waals surface area (Å²) in [5.74, 6) is 2.32. The highest BCUT2D eigenvalue weighted by molar-refractivity contribution is 7.14. The highest BCUT2D eigenvalue weighted by Gasteiger charge is 2.22. The molecule has 0 radical (unpaired) electrons. The topological polar surface area (TPSA) is 56.8 Å². The fraction of sp³-hybridized carbons (Fsp3) is 0.571. The normalized spacial score (nSPS) is 16.6. The highest BCUT2D eigenvalue weighted by Crippen LogP contribution is 2.31. The first-order valence-electron chi connectivity index (χ1n) is 7.39. The molecule has 2 N–H and O–H groups in total. The molecule has 3 heterocycles. The van der Waals surface area contributed by atoms with Gasteiger partial charge in [0.15, 0.2) is 5.82 Å². The van der Waals surface area contributed by atoms with Crippen molar-refractivity contribution in [2.75, 3.05) is 31.1 Å². The number of nitrogens with zero attached hydrogens (tertiary/aromatic N) is 3. The minimum absolute atomic E-state index is 0.729. The van der Waals surface area contributed by atoms with Gasteiger partial charge in [0.05, 0.1) is 9.90 Å². The third-order valence-electron chi connectivity index (χ3n) is 3.89. The van der Waals surface area contributed by atoms with Crippen molar-refractivity contribution in [3.63, 3.8) is 0 Å². The van der Waals surface area contributed by atoms with Crippen LogP contribution in [-0.2, 0) is 0 Å². The number of anilines is 1. The van der Waals surface area contributed by atoms with Gasteiger partial charge in [-0.2, -0.15) is 4.98 Å². The summed E-state index contributed by atoms with van der Waals surface area (Å²) in [4.78, 5) is 7.80. The smallest absolute Gasteiger partial charge is 0.245 e. The molecule has 0 bridgehead atoms. The quantitative estimate of drug-likeness (QED) is 0.887. The first-order valence-corrected chi connectivity index (χ1v) is 8.65. The lowest BCUT2D eigenvalue weighted by Gasteiger charge is -2.31. The van der Waals surface area contributed by atoms with Crippen LogP contribution in [0.15, 0.2) is 11.4 Å². The molecule has 0 saturated carbocycles. The van der Waals surface area contributed by atoms with Crippen LogP contribution < -0.4 is 10.2 Å². The molecule has 2 aromatic rings. The van der Waals surface area contributed by atoms with Gasteiger partial charge >= 0.3 is 0 Å². The van der Waals surface area contributed by atoms with Crippen LogP contribution in [-0.4, -0.2) is 41.4 Å². The van der Waals surface area contributed by atoms with Crippen LogP contribution in [0.1, 0.15) is 19.8 Å². The maximum Gasteiger partial charge on any atom is 0.245 e. The molecule has 0 spiro atoms. The van der Waals surface area contributed by atoms with E-state index >= 15 is 0 Å². The number of aromatic amines is 1. The van der Waals surface area contributed by atoms with Crippen LogP contribution in [0.3, 0.4) is 0 Å². The molecule has 114 valence electrons. The molecule has 7 heteroatoms. The van der Waals surface area contributed by atoms with Crippen molar-refractivity contribution in [3.05, 3.63) is 16.5 Å². The summed E-state index contributed by atoms with van der Waals surface area (Å²) < 4.78 is 0. The summed E-state index contributed by atoms with van der Waals surface area (Å²) in [5, 5.41) is 13.5. The Labute approximate surface area is 133 Å². The van der Waals surface area contributed by atoms with Crippen molar-refractivity contribution in [2.24, 2.45) is 5.92 Å². The monoisotopic (exact) mass is 325 g/mol. The third kappa shape index (κ3) is 3.39. The van der Waals surface area contributed by atoms with E-state index in [0.717, 1.165) is 53.8 Å². The van der Waals surface area contributed by atoms with Crippen LogP contribution in [0, 0.1) is 5.92 Å². The summed E-state index contributed by atoms with van der Waals surface area (Å²) in [5.41, 5.74) is 0. The Hall–Kier alpha value is -1.11. The molecule has 0 aliphatic carbocycles. The van der Waals surface area contributed by atoms with E-state index in [1.54, 1.807) is 11.3 Å². The second kappa shape index (κ2) is 6.77. The van der Waals surface area contributed by atoms with Crippen molar-refractivity contribution in [1.29, 1.82) is 0 Å². The van der Waals surface area contributed by atoms with E-state index in [2.05, 4.69) is 32.3 Å². The summed E-state index contributed by atoms with van der Waals surface area (Å²) in [7, 11) is 0. The van der Waals surface area contributed by atoms with Crippen LogP contribution in [0.2, 0.25) is 5.02 Å². The van der Waals surface area contributed by atoms with Gasteiger partial charge in [0.2, 0.25) is 5.95 Å². The second-order valence-electron chi connectivity index (χ2n) is 5.32. The van der Waals surface area contributed by atoms with Gasteiger partial charge in [-0.3, -0.25) is 5.10 Å². The van der Waals surface area contributed by atoms with Gasteiger partial charge in [0.25, 0.3) is 0 Å². The molecule has 0 atom stereocenters. The van der Waals surface area contributed by atoms with E-state index < -0.39 is 0 Å². The first-order chi connectivity index (χ1) is 10.3. The molecule has 0 amide bonds. The standard InChI is InChI=1S/C14H20ClN5S/c1-2-16-9-10-3-6-20(7-4-10)14-17-13(18-19-14)12-11(15)5-8-21-12/h5,8,10,16H,2-4,6-7,9H2,1H3,(H,17,18,19). The van der Waals surface area contributed by atoms with E-state index in [0.29, 0.717) is 0 Å². The summed E-state index contributed by atoms with van der Waals surface area (Å²) in [6, 6.07) is 1.88. The average Bonchev–Trinajstić information content (AvgIpc) is 3.14. The molecule has 21 heavy (non-hydrogen) atoms. The summed E-state index contributed by atoms with van der Waals surface area (Å²) in [6.45, 7) is 6.36. The van der Waals surface area contributed by atoms with Crippen LogP contribution in [0.25, 0.3) is 10.7 Å². The fourth-order valence-corrected chi connectivity index (χ4v) is 3.73. The number of piperidine rings is 1. The number of hydrogen-bond donors (Lipinski definition) is 2. The van der Waals surface area contributed by atoms with Crippen LogP contribution in [0.5, 0.6) is 0 Å². The van der Waals surface area contributed by atoms with Gasteiger partial charge in [0, 0.05) is 13.1 Å².